The third-order valence-electron chi connectivity index (χ3n) is 2.41. The van der Waals surface area contributed by atoms with E-state index < -0.39 is 0 Å². The normalized spacial score (nSPS) is 12.2. The van der Waals surface area contributed by atoms with E-state index in [9.17, 15) is 4.79 Å². The van der Waals surface area contributed by atoms with Crippen molar-refractivity contribution in [3.63, 3.8) is 0 Å². The molecule has 94 valence electrons. The fourth-order valence-corrected chi connectivity index (χ4v) is 2.37. The van der Waals surface area contributed by atoms with Crippen molar-refractivity contribution < 1.29 is 9.53 Å². The first-order valence-electron chi connectivity index (χ1n) is 5.69. The van der Waals surface area contributed by atoms with Crippen LogP contribution >= 0.6 is 11.8 Å². The molecule has 3 nitrogen and oxygen atoms in total. The van der Waals surface area contributed by atoms with Crippen LogP contribution in [0, 0.1) is 6.92 Å². The Bertz CT molecular complexity index is 368. The summed E-state index contributed by atoms with van der Waals surface area (Å²) in [5.41, 5.74) is 8.42. The Labute approximate surface area is 107 Å². The summed E-state index contributed by atoms with van der Waals surface area (Å²) >= 11 is 1.51. The Morgan fingerprint density at radius 1 is 1.47 bits per heavy atom. The van der Waals surface area contributed by atoms with Crippen molar-refractivity contribution in [2.24, 2.45) is 5.73 Å². The molecule has 0 aliphatic rings. The van der Waals surface area contributed by atoms with Gasteiger partial charge in [0, 0.05) is 11.8 Å². The number of aryl methyl sites for hydroxylation is 1. The average Bonchev–Trinajstić information content (AvgIpc) is 2.29. The molecule has 2 N–H and O–H groups in total. The number of ether oxygens (including phenoxy) is 1. The summed E-state index contributed by atoms with van der Waals surface area (Å²) in [5, 5.41) is 0. The quantitative estimate of drug-likeness (QED) is 0.790. The molecule has 1 aromatic carbocycles. The van der Waals surface area contributed by atoms with Crippen molar-refractivity contribution >= 4 is 17.7 Å². The molecule has 0 bridgehead atoms. The monoisotopic (exact) mass is 253 g/mol. The third kappa shape index (κ3) is 4.79. The largest absolute Gasteiger partial charge is 0.465 e. The molecule has 0 radical (unpaired) electrons. The van der Waals surface area contributed by atoms with Gasteiger partial charge >= 0.3 is 5.97 Å². The molecule has 0 amide bonds. The number of benzene rings is 1. The van der Waals surface area contributed by atoms with Gasteiger partial charge in [0.1, 0.15) is 0 Å². The lowest BCUT2D eigenvalue weighted by Gasteiger charge is -2.13. The van der Waals surface area contributed by atoms with E-state index >= 15 is 0 Å². The fraction of sp³-hybridized carbons (Fsp3) is 0.462. The van der Waals surface area contributed by atoms with E-state index in [4.69, 9.17) is 10.5 Å². The topological polar surface area (TPSA) is 52.3 Å². The van der Waals surface area contributed by atoms with Gasteiger partial charge in [0.05, 0.1) is 12.4 Å². The van der Waals surface area contributed by atoms with Crippen LogP contribution in [0.3, 0.4) is 0 Å². The summed E-state index contributed by atoms with van der Waals surface area (Å²) in [5.74, 6) is 0.923. The smallest absolute Gasteiger partial charge is 0.315 e. The molecule has 0 saturated heterocycles. The first kappa shape index (κ1) is 14.1. The maximum atomic E-state index is 11.1. The second-order valence-corrected chi connectivity index (χ2v) is 4.81. The average molecular weight is 253 g/mol. The van der Waals surface area contributed by atoms with E-state index in [2.05, 4.69) is 0 Å². The van der Waals surface area contributed by atoms with Gasteiger partial charge in [-0.1, -0.05) is 24.3 Å². The standard InChI is InChI=1S/C13H19NO2S/c1-3-16-13(15)9-17-8-12(14)11-7-5-4-6-10(11)2/h4-7,12H,3,8-9,14H2,1-2H3. The van der Waals surface area contributed by atoms with Crippen molar-refractivity contribution in [3.8, 4) is 0 Å². The highest BCUT2D eigenvalue weighted by Gasteiger charge is 2.10. The zero-order valence-electron chi connectivity index (χ0n) is 10.3. The lowest BCUT2D eigenvalue weighted by molar-refractivity contribution is -0.139. The highest BCUT2D eigenvalue weighted by atomic mass is 32.2. The van der Waals surface area contributed by atoms with Gasteiger partial charge in [-0.25, -0.2) is 0 Å². The van der Waals surface area contributed by atoms with Crippen LogP contribution < -0.4 is 5.73 Å². The molecule has 1 aromatic rings. The molecule has 1 rings (SSSR count). The number of carbonyl (C=O) groups is 1. The molecule has 0 saturated carbocycles. The molecule has 17 heavy (non-hydrogen) atoms. The summed E-state index contributed by atoms with van der Waals surface area (Å²) in [6.45, 7) is 4.29. The van der Waals surface area contributed by atoms with Crippen LogP contribution in [-0.4, -0.2) is 24.1 Å². The van der Waals surface area contributed by atoms with Crippen LogP contribution in [0.15, 0.2) is 24.3 Å². The molecular formula is C13H19NO2S. The number of rotatable bonds is 6. The predicted molar refractivity (Wildman–Crippen MR) is 72.1 cm³/mol. The van der Waals surface area contributed by atoms with Crippen LogP contribution in [0.25, 0.3) is 0 Å². The van der Waals surface area contributed by atoms with E-state index in [0.29, 0.717) is 12.4 Å². The Morgan fingerprint density at radius 3 is 2.82 bits per heavy atom. The molecule has 0 aliphatic carbocycles. The highest BCUT2D eigenvalue weighted by Crippen LogP contribution is 2.19. The second kappa shape index (κ2) is 7.35. The Kier molecular flexibility index (Phi) is 6.08. The van der Waals surface area contributed by atoms with Gasteiger partial charge in [-0.05, 0) is 25.0 Å². The fourth-order valence-electron chi connectivity index (χ4n) is 1.56. The Hall–Kier alpha value is -1.00. The molecule has 0 aliphatic heterocycles. The summed E-state index contributed by atoms with van der Waals surface area (Å²) in [6.07, 6.45) is 0. The van der Waals surface area contributed by atoms with Crippen molar-refractivity contribution in [1.82, 2.24) is 0 Å². The molecule has 1 atom stereocenters. The maximum absolute atomic E-state index is 11.1. The first-order valence-corrected chi connectivity index (χ1v) is 6.85. The zero-order chi connectivity index (χ0) is 12.7. The molecule has 4 heteroatoms. The van der Waals surface area contributed by atoms with Gasteiger partial charge in [0.25, 0.3) is 0 Å². The van der Waals surface area contributed by atoms with Crippen LogP contribution in [0.5, 0.6) is 0 Å². The third-order valence-corrected chi connectivity index (χ3v) is 3.45. The molecule has 0 heterocycles. The molecular weight excluding hydrogens is 234 g/mol. The summed E-state index contributed by atoms with van der Waals surface area (Å²) < 4.78 is 4.85. The van der Waals surface area contributed by atoms with Crippen LogP contribution in [0.1, 0.15) is 24.1 Å². The van der Waals surface area contributed by atoms with Gasteiger partial charge in [-0.3, -0.25) is 4.79 Å². The van der Waals surface area contributed by atoms with Crippen LogP contribution in [0.2, 0.25) is 0 Å². The lowest BCUT2D eigenvalue weighted by atomic mass is 10.0. The van der Waals surface area contributed by atoms with E-state index in [1.165, 1.54) is 17.3 Å². The van der Waals surface area contributed by atoms with Gasteiger partial charge < -0.3 is 10.5 Å². The van der Waals surface area contributed by atoms with Crippen molar-refractivity contribution in [2.45, 2.75) is 19.9 Å². The van der Waals surface area contributed by atoms with Crippen LogP contribution in [0.4, 0.5) is 0 Å². The Balaban J connectivity index is 2.38. The SMILES string of the molecule is CCOC(=O)CSCC(N)c1ccccc1C. The Morgan fingerprint density at radius 2 is 2.18 bits per heavy atom. The lowest BCUT2D eigenvalue weighted by Crippen LogP contribution is -2.16. The minimum absolute atomic E-state index is 0.0318. The van der Waals surface area contributed by atoms with Gasteiger partial charge in [0.2, 0.25) is 0 Å². The zero-order valence-corrected chi connectivity index (χ0v) is 11.1. The maximum Gasteiger partial charge on any atom is 0.315 e. The summed E-state index contributed by atoms with van der Waals surface area (Å²) in [4.78, 5) is 11.1. The van der Waals surface area contributed by atoms with E-state index in [0.717, 1.165) is 11.3 Å². The number of hydrogen-bond acceptors (Lipinski definition) is 4. The number of thioether (sulfide) groups is 1. The minimum Gasteiger partial charge on any atom is -0.465 e. The number of esters is 1. The molecule has 0 aromatic heterocycles. The molecule has 1 unspecified atom stereocenters. The van der Waals surface area contributed by atoms with E-state index in [-0.39, 0.29) is 12.0 Å². The minimum atomic E-state index is -0.172. The van der Waals surface area contributed by atoms with E-state index in [1.54, 1.807) is 0 Å². The predicted octanol–water partition coefficient (Wildman–Crippen LogP) is 2.29. The number of hydrogen-bond donors (Lipinski definition) is 1. The molecule has 0 spiro atoms. The van der Waals surface area contributed by atoms with Crippen LogP contribution in [-0.2, 0) is 9.53 Å². The second-order valence-electron chi connectivity index (χ2n) is 3.78. The first-order chi connectivity index (χ1) is 8.15. The van der Waals surface area contributed by atoms with Crippen molar-refractivity contribution in [3.05, 3.63) is 35.4 Å². The van der Waals surface area contributed by atoms with Gasteiger partial charge in [0.15, 0.2) is 0 Å². The number of carbonyl (C=O) groups excluding carboxylic acids is 1. The van der Waals surface area contributed by atoms with Gasteiger partial charge in [-0.2, -0.15) is 0 Å². The van der Waals surface area contributed by atoms with Gasteiger partial charge in [-0.15, -0.1) is 11.8 Å². The summed E-state index contributed by atoms with van der Waals surface area (Å²) in [7, 11) is 0. The van der Waals surface area contributed by atoms with Crippen molar-refractivity contribution in [1.29, 1.82) is 0 Å². The van der Waals surface area contributed by atoms with E-state index in [1.807, 2.05) is 38.1 Å². The molecule has 0 fully saturated rings. The number of nitrogens with two attached hydrogens (primary N) is 1. The van der Waals surface area contributed by atoms with Crippen molar-refractivity contribution in [2.75, 3.05) is 18.1 Å². The summed E-state index contributed by atoms with van der Waals surface area (Å²) in [6, 6.07) is 8.03. The highest BCUT2D eigenvalue weighted by molar-refractivity contribution is 7.99.